The molecule has 0 bridgehead atoms. The molecular weight excluding hydrogens is 424 g/mol. The lowest BCUT2D eigenvalue weighted by molar-refractivity contribution is 0.102. The van der Waals surface area contributed by atoms with E-state index in [0.717, 1.165) is 25.0 Å². The zero-order chi connectivity index (χ0) is 22.6. The number of amides is 1. The first kappa shape index (κ1) is 22.0. The maximum absolute atomic E-state index is 13.0. The largest absolute Gasteiger partial charge is 0.457 e. The van der Waals surface area contributed by atoms with Crippen molar-refractivity contribution < 1.29 is 17.9 Å². The van der Waals surface area contributed by atoms with Crippen LogP contribution in [0.2, 0.25) is 0 Å². The van der Waals surface area contributed by atoms with E-state index in [4.69, 9.17) is 4.74 Å². The quantitative estimate of drug-likeness (QED) is 0.559. The molecule has 166 valence electrons. The molecule has 0 aliphatic carbocycles. The van der Waals surface area contributed by atoms with Crippen molar-refractivity contribution in [1.29, 1.82) is 0 Å². The molecule has 0 spiro atoms. The number of carbonyl (C=O) groups excluding carboxylic acids is 1. The van der Waals surface area contributed by atoms with Crippen LogP contribution in [0.15, 0.2) is 77.7 Å². The minimum atomic E-state index is -3.61. The molecule has 32 heavy (non-hydrogen) atoms. The molecule has 3 aromatic rings. The number of sulfonamides is 1. The SMILES string of the molecule is Cc1ccc(S(=O)(=O)N2CCCCC2)cc1C(=O)Nc1ccc(Oc2ccccc2)cc1. The van der Waals surface area contributed by atoms with E-state index in [9.17, 15) is 13.2 Å². The van der Waals surface area contributed by atoms with Crippen LogP contribution < -0.4 is 10.1 Å². The average molecular weight is 451 g/mol. The van der Waals surface area contributed by atoms with Gasteiger partial charge in [0.05, 0.1) is 4.90 Å². The molecule has 1 heterocycles. The van der Waals surface area contributed by atoms with Crippen molar-refractivity contribution in [3.8, 4) is 11.5 Å². The number of hydrogen-bond donors (Lipinski definition) is 1. The van der Waals surface area contributed by atoms with E-state index >= 15 is 0 Å². The molecule has 0 unspecified atom stereocenters. The third kappa shape index (κ3) is 5.00. The first-order valence-corrected chi connectivity index (χ1v) is 12.1. The summed E-state index contributed by atoms with van der Waals surface area (Å²) in [4.78, 5) is 13.1. The molecule has 6 nitrogen and oxygen atoms in total. The van der Waals surface area contributed by atoms with Crippen LogP contribution in [0, 0.1) is 6.92 Å². The second-order valence-electron chi connectivity index (χ2n) is 7.84. The molecule has 1 fully saturated rings. The maximum atomic E-state index is 13.0. The summed E-state index contributed by atoms with van der Waals surface area (Å²) in [5.41, 5.74) is 1.65. The molecule has 1 aliphatic heterocycles. The lowest BCUT2D eigenvalue weighted by atomic mass is 10.1. The summed E-state index contributed by atoms with van der Waals surface area (Å²) in [5, 5.41) is 2.85. The Kier molecular flexibility index (Phi) is 6.58. The third-order valence-electron chi connectivity index (χ3n) is 5.50. The third-order valence-corrected chi connectivity index (χ3v) is 7.39. The van der Waals surface area contributed by atoms with E-state index < -0.39 is 10.0 Å². The number of para-hydroxylation sites is 1. The van der Waals surface area contributed by atoms with E-state index in [1.165, 1.54) is 10.4 Å². The zero-order valence-corrected chi connectivity index (χ0v) is 18.8. The number of piperidine rings is 1. The zero-order valence-electron chi connectivity index (χ0n) is 18.0. The topological polar surface area (TPSA) is 75.7 Å². The Bertz CT molecular complexity index is 1190. The number of ether oxygens (including phenoxy) is 1. The predicted molar refractivity (Wildman–Crippen MR) is 125 cm³/mol. The number of benzene rings is 3. The molecule has 0 saturated carbocycles. The highest BCUT2D eigenvalue weighted by Crippen LogP contribution is 2.25. The number of aryl methyl sites for hydroxylation is 1. The van der Waals surface area contributed by atoms with E-state index in [2.05, 4.69) is 5.32 Å². The van der Waals surface area contributed by atoms with Gasteiger partial charge in [-0.3, -0.25) is 4.79 Å². The van der Waals surface area contributed by atoms with Crippen molar-refractivity contribution in [3.63, 3.8) is 0 Å². The minimum Gasteiger partial charge on any atom is -0.457 e. The molecule has 1 amide bonds. The van der Waals surface area contributed by atoms with Crippen LogP contribution in [-0.2, 0) is 10.0 Å². The van der Waals surface area contributed by atoms with E-state index in [1.807, 2.05) is 30.3 Å². The van der Waals surface area contributed by atoms with Crippen LogP contribution in [-0.4, -0.2) is 31.7 Å². The Hall–Kier alpha value is -3.16. The van der Waals surface area contributed by atoms with Crippen LogP contribution in [0.5, 0.6) is 11.5 Å². The van der Waals surface area contributed by atoms with E-state index in [1.54, 1.807) is 43.3 Å². The smallest absolute Gasteiger partial charge is 0.255 e. The molecule has 0 atom stereocenters. The van der Waals surface area contributed by atoms with E-state index in [-0.39, 0.29) is 10.8 Å². The highest BCUT2D eigenvalue weighted by Gasteiger charge is 2.27. The summed E-state index contributed by atoms with van der Waals surface area (Å²) < 4.78 is 33.3. The van der Waals surface area contributed by atoms with Crippen molar-refractivity contribution in [2.24, 2.45) is 0 Å². The summed E-state index contributed by atoms with van der Waals surface area (Å²) in [6.07, 6.45) is 2.77. The summed E-state index contributed by atoms with van der Waals surface area (Å²) >= 11 is 0. The fourth-order valence-corrected chi connectivity index (χ4v) is 5.23. The van der Waals surface area contributed by atoms with Gasteiger partial charge in [0.2, 0.25) is 10.0 Å². The summed E-state index contributed by atoms with van der Waals surface area (Å²) in [6, 6.07) is 21.2. The predicted octanol–water partition coefficient (Wildman–Crippen LogP) is 5.21. The first-order chi connectivity index (χ1) is 15.4. The van der Waals surface area contributed by atoms with Crippen molar-refractivity contribution in [1.82, 2.24) is 4.31 Å². The number of anilines is 1. The van der Waals surface area contributed by atoms with Crippen molar-refractivity contribution in [2.45, 2.75) is 31.1 Å². The molecule has 1 saturated heterocycles. The number of nitrogens with one attached hydrogen (secondary N) is 1. The number of carbonyl (C=O) groups is 1. The standard InChI is InChI=1S/C25H26N2O4S/c1-19-10-15-23(32(29,30)27-16-6-3-7-17-27)18-24(19)25(28)26-20-11-13-22(14-12-20)31-21-8-4-2-5-9-21/h2,4-5,8-15,18H,3,6-7,16-17H2,1H3,(H,26,28). The number of hydrogen-bond acceptors (Lipinski definition) is 4. The Morgan fingerprint density at radius 2 is 1.53 bits per heavy atom. The Morgan fingerprint density at radius 1 is 0.875 bits per heavy atom. The van der Waals surface area contributed by atoms with Crippen LogP contribution in [0.4, 0.5) is 5.69 Å². The van der Waals surface area contributed by atoms with Gasteiger partial charge in [-0.15, -0.1) is 0 Å². The van der Waals surface area contributed by atoms with Gasteiger partial charge < -0.3 is 10.1 Å². The average Bonchev–Trinajstić information content (AvgIpc) is 2.82. The van der Waals surface area contributed by atoms with Gasteiger partial charge in [-0.2, -0.15) is 4.31 Å². The van der Waals surface area contributed by atoms with E-state index in [0.29, 0.717) is 35.7 Å². The summed E-state index contributed by atoms with van der Waals surface area (Å²) in [6.45, 7) is 2.84. The molecular formula is C25H26N2O4S. The fraction of sp³-hybridized carbons (Fsp3) is 0.240. The van der Waals surface area contributed by atoms with Gasteiger partial charge in [0, 0.05) is 24.3 Å². The molecule has 7 heteroatoms. The molecule has 3 aromatic carbocycles. The molecule has 1 aliphatic rings. The number of nitrogens with zero attached hydrogens (tertiary/aromatic N) is 1. The second kappa shape index (κ2) is 9.54. The highest BCUT2D eigenvalue weighted by atomic mass is 32.2. The Morgan fingerprint density at radius 3 is 2.22 bits per heavy atom. The molecule has 0 radical (unpaired) electrons. The van der Waals surface area contributed by atoms with Crippen molar-refractivity contribution in [2.75, 3.05) is 18.4 Å². The van der Waals surface area contributed by atoms with Crippen LogP contribution in [0.1, 0.15) is 35.2 Å². The second-order valence-corrected chi connectivity index (χ2v) is 9.77. The fourth-order valence-electron chi connectivity index (χ4n) is 3.69. The monoisotopic (exact) mass is 450 g/mol. The van der Waals surface area contributed by atoms with Crippen LogP contribution in [0.25, 0.3) is 0 Å². The summed E-state index contributed by atoms with van der Waals surface area (Å²) in [5.74, 6) is 1.03. The normalized spacial score (nSPS) is 14.7. The highest BCUT2D eigenvalue weighted by molar-refractivity contribution is 7.89. The number of rotatable bonds is 6. The van der Waals surface area contributed by atoms with Gasteiger partial charge in [0.1, 0.15) is 11.5 Å². The Labute approximate surface area is 188 Å². The molecule has 1 N–H and O–H groups in total. The first-order valence-electron chi connectivity index (χ1n) is 10.7. The van der Waals surface area contributed by atoms with Gasteiger partial charge in [-0.05, 0) is 73.9 Å². The van der Waals surface area contributed by atoms with Crippen molar-refractivity contribution >= 4 is 21.6 Å². The van der Waals surface area contributed by atoms with Gasteiger partial charge in [0.25, 0.3) is 5.91 Å². The van der Waals surface area contributed by atoms with Gasteiger partial charge in [-0.1, -0.05) is 30.7 Å². The van der Waals surface area contributed by atoms with Gasteiger partial charge in [0.15, 0.2) is 0 Å². The Balaban J connectivity index is 1.49. The lowest BCUT2D eigenvalue weighted by Gasteiger charge is -2.26. The minimum absolute atomic E-state index is 0.154. The molecule has 0 aromatic heterocycles. The van der Waals surface area contributed by atoms with Crippen LogP contribution >= 0.6 is 0 Å². The summed E-state index contributed by atoms with van der Waals surface area (Å²) in [7, 11) is -3.61. The van der Waals surface area contributed by atoms with Crippen molar-refractivity contribution in [3.05, 3.63) is 83.9 Å². The molecule has 4 rings (SSSR count). The van der Waals surface area contributed by atoms with Gasteiger partial charge >= 0.3 is 0 Å². The lowest BCUT2D eigenvalue weighted by Crippen LogP contribution is -2.35. The van der Waals surface area contributed by atoms with Gasteiger partial charge in [-0.25, -0.2) is 8.42 Å². The van der Waals surface area contributed by atoms with Crippen LogP contribution in [0.3, 0.4) is 0 Å². The maximum Gasteiger partial charge on any atom is 0.255 e.